The van der Waals surface area contributed by atoms with Gasteiger partial charge in [-0.3, -0.25) is 0 Å². The molecule has 12 aromatic rings. The molecule has 10 aromatic carbocycles. The lowest BCUT2D eigenvalue weighted by molar-refractivity contribution is 0.683. The molecule has 0 fully saturated rings. The summed E-state index contributed by atoms with van der Waals surface area (Å²) in [5.74, 6) is 0.440. The summed E-state index contributed by atoms with van der Waals surface area (Å²) in [7, 11) is 0. The predicted octanol–water partition coefficient (Wildman–Crippen LogP) is 17.7. The molecule has 14 rings (SSSR count). The summed E-state index contributed by atoms with van der Waals surface area (Å²) < 4.78 is 4.91. The van der Waals surface area contributed by atoms with E-state index in [9.17, 15) is 0 Å². The third-order valence-electron chi connectivity index (χ3n) is 15.3. The first-order valence-electron chi connectivity index (χ1n) is 24.6. The average Bonchev–Trinajstić information content (AvgIpc) is 4.05. The lowest BCUT2D eigenvalue weighted by Crippen LogP contribution is -2.30. The average molecular weight is 893 g/mol. The van der Waals surface area contributed by atoms with Crippen LogP contribution in [0.4, 0.5) is 0 Å². The molecular weight excluding hydrogens is 845 g/mol. The van der Waals surface area contributed by atoms with E-state index in [4.69, 9.17) is 0 Å². The highest BCUT2D eigenvalue weighted by Gasteiger charge is 2.48. The molecule has 2 aliphatic rings. The topological polar surface area (TPSA) is 9.86 Å². The number of rotatable bonds is 7. The molecule has 330 valence electrons. The van der Waals surface area contributed by atoms with Gasteiger partial charge in [0.25, 0.3) is 0 Å². The summed E-state index contributed by atoms with van der Waals surface area (Å²) in [4.78, 5) is 0. The predicted molar refractivity (Wildman–Crippen MR) is 294 cm³/mol. The smallest absolute Gasteiger partial charge is 0.0710 e. The number of aromatic nitrogens is 2. The van der Waals surface area contributed by atoms with Crippen molar-refractivity contribution in [3.63, 3.8) is 0 Å². The van der Waals surface area contributed by atoms with Crippen molar-refractivity contribution < 1.29 is 0 Å². The van der Waals surface area contributed by atoms with Crippen LogP contribution in [0, 0.1) is 5.92 Å². The molecule has 0 aliphatic heterocycles. The van der Waals surface area contributed by atoms with Gasteiger partial charge >= 0.3 is 0 Å². The van der Waals surface area contributed by atoms with Crippen LogP contribution in [0.5, 0.6) is 0 Å². The highest BCUT2D eigenvalue weighted by Crippen LogP contribution is 2.60. The van der Waals surface area contributed by atoms with Gasteiger partial charge in [0.15, 0.2) is 0 Å². The fourth-order valence-corrected chi connectivity index (χ4v) is 12.2. The Morgan fingerprint density at radius 2 is 0.900 bits per heavy atom. The Labute approximate surface area is 408 Å². The number of benzene rings is 10. The molecule has 0 spiro atoms. The summed E-state index contributed by atoms with van der Waals surface area (Å²) in [5.41, 5.74) is 21.8. The Morgan fingerprint density at radius 3 is 1.56 bits per heavy atom. The summed E-state index contributed by atoms with van der Waals surface area (Å²) in [6.07, 6.45) is 8.38. The monoisotopic (exact) mass is 892 g/mol. The Morgan fingerprint density at radius 1 is 0.400 bits per heavy atom. The third kappa shape index (κ3) is 6.06. The zero-order valence-corrected chi connectivity index (χ0v) is 38.9. The van der Waals surface area contributed by atoms with Crippen molar-refractivity contribution in [2.24, 2.45) is 5.92 Å². The van der Waals surface area contributed by atoms with Crippen molar-refractivity contribution in [1.29, 1.82) is 0 Å². The van der Waals surface area contributed by atoms with E-state index in [0.717, 1.165) is 17.8 Å². The van der Waals surface area contributed by atoms with Crippen LogP contribution >= 0.6 is 0 Å². The lowest BCUT2D eigenvalue weighted by Gasteiger charge is -2.36. The van der Waals surface area contributed by atoms with Gasteiger partial charge in [-0.2, -0.15) is 0 Å². The first kappa shape index (κ1) is 40.4. The van der Waals surface area contributed by atoms with Crippen LogP contribution in [0.1, 0.15) is 30.0 Å². The third-order valence-corrected chi connectivity index (χ3v) is 15.3. The zero-order valence-electron chi connectivity index (χ0n) is 38.9. The summed E-state index contributed by atoms with van der Waals surface area (Å²) in [6, 6.07) is 87.8. The Kier molecular flexibility index (Phi) is 9.19. The molecule has 2 atom stereocenters. The van der Waals surface area contributed by atoms with Crippen LogP contribution in [0.3, 0.4) is 0 Å². The Balaban J connectivity index is 1.01. The van der Waals surface area contributed by atoms with Crippen LogP contribution < -0.4 is 0 Å². The van der Waals surface area contributed by atoms with Gasteiger partial charge < -0.3 is 9.13 Å². The molecule has 2 aliphatic carbocycles. The molecule has 0 bridgehead atoms. The standard InChI is InChI=1S/C68H48N2/c1-45-16-15-23-53(42-45)68(52-21-9-4-10-22-52)60-26-13-11-25-57(60)66-61(68)38-41-65-67(66)59-44-51(33-40-64(59)70(65)55-36-30-49(31-37-55)47-19-7-3-8-20-47)50-32-39-63-58(43-50)56-24-12-14-27-62(56)69(63)54-34-28-48(29-35-54)46-17-5-2-6-18-46/h2-15,17-45H,16H2,1H3. The minimum Gasteiger partial charge on any atom is -0.309 e. The van der Waals surface area contributed by atoms with Crippen molar-refractivity contribution in [1.82, 2.24) is 9.13 Å². The van der Waals surface area contributed by atoms with Gasteiger partial charge in [0.1, 0.15) is 0 Å². The van der Waals surface area contributed by atoms with Gasteiger partial charge in [0.2, 0.25) is 0 Å². The number of hydrogen-bond acceptors (Lipinski definition) is 0. The molecule has 0 saturated carbocycles. The van der Waals surface area contributed by atoms with Crippen LogP contribution in [-0.2, 0) is 5.41 Å². The van der Waals surface area contributed by atoms with Gasteiger partial charge in [-0.1, -0.05) is 201 Å². The van der Waals surface area contributed by atoms with Crippen LogP contribution in [0.2, 0.25) is 0 Å². The van der Waals surface area contributed by atoms with E-state index >= 15 is 0 Å². The van der Waals surface area contributed by atoms with Crippen molar-refractivity contribution >= 4 is 43.6 Å². The highest BCUT2D eigenvalue weighted by atomic mass is 15.0. The Hall–Kier alpha value is -8.72. The second-order valence-corrected chi connectivity index (χ2v) is 19.3. The molecule has 70 heavy (non-hydrogen) atoms. The lowest BCUT2D eigenvalue weighted by atomic mass is 9.65. The van der Waals surface area contributed by atoms with E-state index in [1.165, 1.54) is 110 Å². The second-order valence-electron chi connectivity index (χ2n) is 19.3. The quantitative estimate of drug-likeness (QED) is 0.151. The van der Waals surface area contributed by atoms with E-state index < -0.39 is 5.41 Å². The van der Waals surface area contributed by atoms with Gasteiger partial charge in [0, 0.05) is 32.9 Å². The number of nitrogens with zero attached hydrogens (tertiary/aromatic N) is 2. The highest BCUT2D eigenvalue weighted by molar-refractivity contribution is 6.19. The molecule has 2 aromatic heterocycles. The Bertz CT molecular complexity index is 4060. The zero-order chi connectivity index (χ0) is 46.3. The fourth-order valence-electron chi connectivity index (χ4n) is 12.2. The maximum atomic E-state index is 2.53. The molecule has 0 N–H and O–H groups in total. The molecule has 2 heterocycles. The minimum atomic E-state index is -0.475. The van der Waals surface area contributed by atoms with Crippen molar-refractivity contribution in [2.75, 3.05) is 0 Å². The summed E-state index contributed by atoms with van der Waals surface area (Å²) >= 11 is 0. The van der Waals surface area contributed by atoms with Crippen LogP contribution in [0.15, 0.2) is 260 Å². The number of fused-ring (bicyclic) bond motifs is 10. The molecule has 2 heteroatoms. The fraction of sp³-hybridized carbons (Fsp3) is 0.0588. The van der Waals surface area contributed by atoms with E-state index in [0.29, 0.717) is 5.92 Å². The molecule has 0 radical (unpaired) electrons. The second kappa shape index (κ2) is 15.9. The van der Waals surface area contributed by atoms with E-state index in [1.807, 2.05) is 0 Å². The van der Waals surface area contributed by atoms with Crippen LogP contribution in [0.25, 0.3) is 99.5 Å². The van der Waals surface area contributed by atoms with Gasteiger partial charge in [0.05, 0.1) is 27.5 Å². The van der Waals surface area contributed by atoms with E-state index in [2.05, 4.69) is 271 Å². The maximum absolute atomic E-state index is 2.53. The maximum Gasteiger partial charge on any atom is 0.0710 e. The molecular formula is C68H48N2. The summed E-state index contributed by atoms with van der Waals surface area (Å²) in [6.45, 7) is 2.35. The minimum absolute atomic E-state index is 0.440. The van der Waals surface area contributed by atoms with Crippen molar-refractivity contribution in [3.8, 4) is 55.9 Å². The normalized spacial score (nSPS) is 16.2. The van der Waals surface area contributed by atoms with Gasteiger partial charge in [-0.05, 0) is 140 Å². The SMILES string of the molecule is CC1C=C(C2(c3ccccc3)c3ccccc3-c3c2ccc2c3c3cc(-c4ccc5c(c4)c4ccccc4n5-c4ccc(-c5ccccc5)cc4)ccc3n2-c2ccc(-c3ccccc3)cc2)C=CC1. The first-order chi connectivity index (χ1) is 34.6. The molecule has 0 amide bonds. The van der Waals surface area contributed by atoms with Crippen molar-refractivity contribution in [3.05, 3.63) is 277 Å². The number of allylic oxidation sites excluding steroid dienone is 4. The molecule has 2 nitrogen and oxygen atoms in total. The van der Waals surface area contributed by atoms with E-state index in [1.54, 1.807) is 0 Å². The number of para-hydroxylation sites is 1. The first-order valence-corrected chi connectivity index (χ1v) is 24.6. The van der Waals surface area contributed by atoms with Crippen LogP contribution in [-0.4, -0.2) is 9.13 Å². The van der Waals surface area contributed by atoms with Gasteiger partial charge in [-0.15, -0.1) is 0 Å². The summed E-state index contributed by atoms with van der Waals surface area (Å²) in [5, 5.41) is 5.02. The largest absolute Gasteiger partial charge is 0.309 e. The van der Waals surface area contributed by atoms with Gasteiger partial charge in [-0.25, -0.2) is 0 Å². The van der Waals surface area contributed by atoms with Crippen molar-refractivity contribution in [2.45, 2.75) is 18.8 Å². The number of hydrogen-bond donors (Lipinski definition) is 0. The molecule has 2 unspecified atom stereocenters. The molecule has 0 saturated heterocycles. The van der Waals surface area contributed by atoms with E-state index in [-0.39, 0.29) is 0 Å².